The van der Waals surface area contributed by atoms with Gasteiger partial charge in [-0.3, -0.25) is 0 Å². The number of allylic oxidation sites excluding steroid dienone is 3. The maximum atomic E-state index is 4.15. The third-order valence-electron chi connectivity index (χ3n) is 2.90. The van der Waals surface area contributed by atoms with Crippen LogP contribution in [-0.2, 0) is 0 Å². The molecule has 0 amide bonds. The molecule has 1 aromatic carbocycles. The second-order valence-electron chi connectivity index (χ2n) is 4.24. The number of para-hydroxylation sites is 1. The lowest BCUT2D eigenvalue weighted by molar-refractivity contribution is 0.911. The van der Waals surface area contributed by atoms with Crippen LogP contribution < -0.4 is 5.32 Å². The van der Waals surface area contributed by atoms with Gasteiger partial charge in [0.05, 0.1) is 0 Å². The highest BCUT2D eigenvalue weighted by Gasteiger charge is 2.07. The second kappa shape index (κ2) is 7.54. The van der Waals surface area contributed by atoms with E-state index in [4.69, 9.17) is 0 Å². The van der Waals surface area contributed by atoms with Crippen LogP contribution in [0, 0.1) is 0 Å². The maximum Gasteiger partial charge on any atom is 0.0384 e. The Labute approximate surface area is 111 Å². The Balaban J connectivity index is 2.81. The predicted molar refractivity (Wildman–Crippen MR) is 81.6 cm³/mol. The molecule has 96 valence electrons. The van der Waals surface area contributed by atoms with Gasteiger partial charge in [0.15, 0.2) is 0 Å². The molecular formula is C17H23N. The van der Waals surface area contributed by atoms with Gasteiger partial charge in [0.25, 0.3) is 0 Å². The van der Waals surface area contributed by atoms with Crippen LogP contribution >= 0.6 is 0 Å². The van der Waals surface area contributed by atoms with E-state index in [0.29, 0.717) is 0 Å². The number of benzene rings is 1. The Hall–Kier alpha value is -1.76. The van der Waals surface area contributed by atoms with Crippen LogP contribution in [0.25, 0.3) is 0 Å². The Morgan fingerprint density at radius 3 is 2.33 bits per heavy atom. The highest BCUT2D eigenvalue weighted by molar-refractivity contribution is 5.56. The molecule has 18 heavy (non-hydrogen) atoms. The summed E-state index contributed by atoms with van der Waals surface area (Å²) in [7, 11) is 0. The minimum Gasteiger partial charge on any atom is -0.356 e. The van der Waals surface area contributed by atoms with Gasteiger partial charge in [-0.05, 0) is 43.5 Å². The van der Waals surface area contributed by atoms with E-state index >= 15 is 0 Å². The van der Waals surface area contributed by atoms with Gasteiger partial charge in [-0.2, -0.15) is 0 Å². The summed E-state index contributed by atoms with van der Waals surface area (Å²) in [4.78, 5) is 0. The normalized spacial score (nSPS) is 12.4. The van der Waals surface area contributed by atoms with Gasteiger partial charge in [0.1, 0.15) is 0 Å². The minimum absolute atomic E-state index is 0.963. The summed E-state index contributed by atoms with van der Waals surface area (Å²) in [6, 6.07) is 10.2. The van der Waals surface area contributed by atoms with Gasteiger partial charge in [-0.15, -0.1) is 0 Å². The van der Waals surface area contributed by atoms with E-state index in [1.807, 2.05) is 30.3 Å². The van der Waals surface area contributed by atoms with Crippen molar-refractivity contribution >= 4 is 5.69 Å². The maximum absolute atomic E-state index is 4.15. The van der Waals surface area contributed by atoms with E-state index in [1.54, 1.807) is 0 Å². The smallest absolute Gasteiger partial charge is 0.0384 e. The van der Waals surface area contributed by atoms with Gasteiger partial charge < -0.3 is 5.32 Å². The molecule has 0 saturated heterocycles. The van der Waals surface area contributed by atoms with E-state index in [-0.39, 0.29) is 0 Å². The van der Waals surface area contributed by atoms with Crippen molar-refractivity contribution in [2.24, 2.45) is 0 Å². The molecule has 0 unspecified atom stereocenters. The molecule has 0 aliphatic rings. The first-order valence-corrected chi connectivity index (χ1v) is 6.56. The van der Waals surface area contributed by atoms with Crippen molar-refractivity contribution in [1.82, 2.24) is 0 Å². The highest BCUT2D eigenvalue weighted by Crippen LogP contribution is 2.23. The summed E-state index contributed by atoms with van der Waals surface area (Å²) in [5.41, 5.74) is 4.61. The molecule has 0 heterocycles. The van der Waals surface area contributed by atoms with Crippen molar-refractivity contribution in [3.63, 3.8) is 0 Å². The monoisotopic (exact) mass is 241 g/mol. The summed E-state index contributed by atoms with van der Waals surface area (Å²) >= 11 is 0. The Bertz CT molecular complexity index is 438. The summed E-state index contributed by atoms with van der Waals surface area (Å²) in [5.74, 6) is 0. The van der Waals surface area contributed by atoms with Crippen molar-refractivity contribution in [3.8, 4) is 0 Å². The minimum atomic E-state index is 0.963. The molecule has 0 aliphatic heterocycles. The Kier molecular flexibility index (Phi) is 5.99. The summed E-state index contributed by atoms with van der Waals surface area (Å²) in [6.45, 7) is 10.5. The van der Waals surface area contributed by atoms with Crippen molar-refractivity contribution in [1.29, 1.82) is 0 Å². The van der Waals surface area contributed by atoms with Gasteiger partial charge in [0, 0.05) is 11.4 Å². The van der Waals surface area contributed by atoms with Crippen molar-refractivity contribution in [3.05, 3.63) is 65.9 Å². The van der Waals surface area contributed by atoms with Gasteiger partial charge in [-0.25, -0.2) is 0 Å². The second-order valence-corrected chi connectivity index (χ2v) is 4.24. The molecule has 1 heteroatoms. The van der Waals surface area contributed by atoms with Crippen LogP contribution in [0.2, 0.25) is 0 Å². The lowest BCUT2D eigenvalue weighted by atomic mass is 9.98. The fraction of sp³-hybridized carbons (Fsp3) is 0.294. The van der Waals surface area contributed by atoms with E-state index in [2.05, 4.69) is 44.8 Å². The molecule has 1 nitrogen and oxygen atoms in total. The predicted octanol–water partition coefficient (Wildman–Crippen LogP) is 5.30. The molecule has 0 radical (unpaired) electrons. The van der Waals surface area contributed by atoms with Gasteiger partial charge in [0.2, 0.25) is 0 Å². The Morgan fingerprint density at radius 2 is 1.83 bits per heavy atom. The fourth-order valence-electron chi connectivity index (χ4n) is 2.02. The number of rotatable bonds is 6. The average Bonchev–Trinajstić information content (AvgIpc) is 2.39. The SMILES string of the molecule is C=C(Nc1ccccc1)C(=C/C)/C(=C\C)CCC. The third-order valence-corrected chi connectivity index (χ3v) is 2.90. The van der Waals surface area contributed by atoms with Gasteiger partial charge in [-0.1, -0.05) is 50.3 Å². The number of hydrogen-bond acceptors (Lipinski definition) is 1. The molecular weight excluding hydrogens is 218 g/mol. The van der Waals surface area contributed by atoms with Crippen LogP contribution in [-0.4, -0.2) is 0 Å². The quantitative estimate of drug-likeness (QED) is 0.666. The standard InChI is InChI=1S/C17H23N/c1-5-11-15(6-2)17(7-3)14(4)18-16-12-9-8-10-13-16/h6-10,12-13,18H,4-5,11H2,1-3H3/b15-6-,17-7-. The first kappa shape index (κ1) is 14.3. The zero-order chi connectivity index (χ0) is 13.4. The molecule has 0 aliphatic carbocycles. The van der Waals surface area contributed by atoms with E-state index < -0.39 is 0 Å². The highest BCUT2D eigenvalue weighted by atomic mass is 14.9. The van der Waals surface area contributed by atoms with E-state index in [1.165, 1.54) is 11.1 Å². The van der Waals surface area contributed by atoms with Crippen LogP contribution in [0.3, 0.4) is 0 Å². The topological polar surface area (TPSA) is 12.0 Å². The molecule has 1 aromatic rings. The van der Waals surface area contributed by atoms with Crippen LogP contribution in [0.1, 0.15) is 33.6 Å². The molecule has 0 spiro atoms. The Morgan fingerprint density at radius 1 is 1.17 bits per heavy atom. The lowest BCUT2D eigenvalue weighted by Crippen LogP contribution is -2.03. The van der Waals surface area contributed by atoms with Crippen molar-refractivity contribution in [2.45, 2.75) is 33.6 Å². The molecule has 0 saturated carbocycles. The molecule has 1 N–H and O–H groups in total. The molecule has 0 bridgehead atoms. The van der Waals surface area contributed by atoms with Crippen LogP contribution in [0.5, 0.6) is 0 Å². The summed E-state index contributed by atoms with van der Waals surface area (Å²) in [6.07, 6.45) is 6.54. The summed E-state index contributed by atoms with van der Waals surface area (Å²) in [5, 5.41) is 3.36. The fourth-order valence-corrected chi connectivity index (χ4v) is 2.02. The van der Waals surface area contributed by atoms with Crippen molar-refractivity contribution in [2.75, 3.05) is 5.32 Å². The largest absolute Gasteiger partial charge is 0.356 e. The first-order chi connectivity index (χ1) is 8.72. The van der Waals surface area contributed by atoms with Gasteiger partial charge >= 0.3 is 0 Å². The third kappa shape index (κ3) is 3.92. The average molecular weight is 241 g/mol. The zero-order valence-corrected chi connectivity index (χ0v) is 11.7. The van der Waals surface area contributed by atoms with Crippen molar-refractivity contribution < 1.29 is 0 Å². The van der Waals surface area contributed by atoms with Crippen LogP contribution in [0.4, 0.5) is 5.69 Å². The van der Waals surface area contributed by atoms with E-state index in [9.17, 15) is 0 Å². The van der Waals surface area contributed by atoms with E-state index in [0.717, 1.165) is 24.2 Å². The number of hydrogen-bond donors (Lipinski definition) is 1. The number of anilines is 1. The molecule has 0 fully saturated rings. The number of nitrogens with one attached hydrogen (secondary N) is 1. The van der Waals surface area contributed by atoms with Crippen LogP contribution in [0.15, 0.2) is 65.9 Å². The summed E-state index contributed by atoms with van der Waals surface area (Å²) < 4.78 is 0. The molecule has 0 atom stereocenters. The molecule has 0 aromatic heterocycles. The zero-order valence-electron chi connectivity index (χ0n) is 11.7. The first-order valence-electron chi connectivity index (χ1n) is 6.56. The lowest BCUT2D eigenvalue weighted by Gasteiger charge is -2.16. The molecule has 1 rings (SSSR count).